The minimum absolute atomic E-state index is 0.150. The number of amidine groups is 1. The van der Waals surface area contributed by atoms with Crippen molar-refractivity contribution in [3.8, 4) is 16.9 Å². The van der Waals surface area contributed by atoms with Crippen molar-refractivity contribution in [2.45, 2.75) is 44.1 Å². The maximum absolute atomic E-state index is 13.3. The molecule has 2 aromatic carbocycles. The van der Waals surface area contributed by atoms with Crippen LogP contribution in [0.1, 0.15) is 43.2 Å². The summed E-state index contributed by atoms with van der Waals surface area (Å²) in [5.41, 5.74) is 4.08. The van der Waals surface area contributed by atoms with E-state index in [0.717, 1.165) is 80.9 Å². The molecule has 3 aliphatic heterocycles. The molecule has 174 valence electrons. The van der Waals surface area contributed by atoms with E-state index in [1.54, 1.807) is 0 Å². The zero-order valence-electron chi connectivity index (χ0n) is 19.3. The SMILES string of the molecule is O=C(C1CC1)N1CC[C@@H](CN2C(=O)C3(CC3)N=C2c2ccc(-c3ccc4c(c3)CCO4)cc2)C1. The van der Waals surface area contributed by atoms with Gasteiger partial charge in [0.15, 0.2) is 0 Å². The van der Waals surface area contributed by atoms with Gasteiger partial charge in [0.1, 0.15) is 17.1 Å². The van der Waals surface area contributed by atoms with Crippen LogP contribution in [0, 0.1) is 11.8 Å². The number of hydrogen-bond donors (Lipinski definition) is 0. The van der Waals surface area contributed by atoms with Crippen LogP contribution in [0.15, 0.2) is 47.5 Å². The molecule has 0 radical (unpaired) electrons. The molecule has 2 saturated carbocycles. The standard InChI is InChI=1S/C28H29N3O3/c32-26(21-5-6-21)30-13-9-18(16-30)17-31-25(29-28(11-12-28)27(31)33)20-3-1-19(2-4-20)22-7-8-24-23(15-22)10-14-34-24/h1-4,7-8,15,18,21H,5-6,9-14,16-17H2/t18-/m1/s1. The highest BCUT2D eigenvalue weighted by atomic mass is 16.5. The maximum Gasteiger partial charge on any atom is 0.256 e. The highest BCUT2D eigenvalue weighted by molar-refractivity contribution is 6.16. The van der Waals surface area contributed by atoms with Crippen molar-refractivity contribution in [3.05, 3.63) is 53.6 Å². The van der Waals surface area contributed by atoms with Gasteiger partial charge < -0.3 is 9.64 Å². The highest BCUT2D eigenvalue weighted by Gasteiger charge is 2.57. The van der Waals surface area contributed by atoms with E-state index >= 15 is 0 Å². The molecule has 1 saturated heterocycles. The van der Waals surface area contributed by atoms with Gasteiger partial charge in [0.25, 0.3) is 5.91 Å². The number of benzene rings is 2. The van der Waals surface area contributed by atoms with Gasteiger partial charge in [-0.25, -0.2) is 0 Å². The van der Waals surface area contributed by atoms with Crippen molar-refractivity contribution < 1.29 is 14.3 Å². The second kappa shape index (κ2) is 7.42. The second-order valence-electron chi connectivity index (χ2n) is 10.6. The highest BCUT2D eigenvalue weighted by Crippen LogP contribution is 2.46. The van der Waals surface area contributed by atoms with Crippen LogP contribution in [0.2, 0.25) is 0 Å². The van der Waals surface area contributed by atoms with Crippen molar-refractivity contribution >= 4 is 17.6 Å². The number of rotatable bonds is 5. The Bertz CT molecular complexity index is 1210. The van der Waals surface area contributed by atoms with E-state index in [9.17, 15) is 9.59 Å². The molecule has 2 aliphatic carbocycles. The first-order chi connectivity index (χ1) is 16.6. The monoisotopic (exact) mass is 455 g/mol. The summed E-state index contributed by atoms with van der Waals surface area (Å²) < 4.78 is 5.64. The van der Waals surface area contributed by atoms with Gasteiger partial charge in [-0.15, -0.1) is 0 Å². The number of fused-ring (bicyclic) bond motifs is 1. The lowest BCUT2D eigenvalue weighted by Crippen LogP contribution is -2.40. The topological polar surface area (TPSA) is 62.2 Å². The maximum atomic E-state index is 13.3. The Morgan fingerprint density at radius 3 is 2.56 bits per heavy atom. The van der Waals surface area contributed by atoms with Gasteiger partial charge in [-0.1, -0.05) is 30.3 Å². The van der Waals surface area contributed by atoms with E-state index in [0.29, 0.717) is 18.4 Å². The predicted molar refractivity (Wildman–Crippen MR) is 129 cm³/mol. The Labute approximate surface area is 199 Å². The minimum Gasteiger partial charge on any atom is -0.493 e. The van der Waals surface area contributed by atoms with Crippen molar-refractivity contribution in [2.75, 3.05) is 26.2 Å². The van der Waals surface area contributed by atoms with E-state index in [4.69, 9.17) is 9.73 Å². The molecule has 3 fully saturated rings. The third kappa shape index (κ3) is 3.34. The fraction of sp³-hybridized carbons (Fsp3) is 0.464. The zero-order chi connectivity index (χ0) is 22.9. The Hall–Kier alpha value is -3.15. The molecule has 5 aliphatic rings. The number of likely N-dealkylation sites (tertiary alicyclic amines) is 1. The summed E-state index contributed by atoms with van der Waals surface area (Å²) in [6, 6.07) is 14.8. The molecule has 6 heteroatoms. The smallest absolute Gasteiger partial charge is 0.256 e. The van der Waals surface area contributed by atoms with Crippen LogP contribution < -0.4 is 4.74 Å². The third-order valence-electron chi connectivity index (χ3n) is 8.07. The number of carbonyl (C=O) groups excluding carboxylic acids is 2. The first kappa shape index (κ1) is 20.2. The van der Waals surface area contributed by atoms with Crippen LogP contribution in [-0.2, 0) is 16.0 Å². The van der Waals surface area contributed by atoms with Crippen LogP contribution in [0.5, 0.6) is 5.75 Å². The molecule has 0 unspecified atom stereocenters. The molecular formula is C28H29N3O3. The van der Waals surface area contributed by atoms with Crippen molar-refractivity contribution in [1.29, 1.82) is 0 Å². The van der Waals surface area contributed by atoms with Crippen LogP contribution in [-0.4, -0.2) is 59.2 Å². The first-order valence-electron chi connectivity index (χ1n) is 12.7. The average molecular weight is 456 g/mol. The van der Waals surface area contributed by atoms with E-state index in [2.05, 4.69) is 42.5 Å². The number of amides is 2. The molecule has 34 heavy (non-hydrogen) atoms. The fourth-order valence-corrected chi connectivity index (χ4v) is 5.70. The molecule has 6 nitrogen and oxygen atoms in total. The number of ether oxygens (including phenoxy) is 1. The second-order valence-corrected chi connectivity index (χ2v) is 10.6. The molecule has 0 N–H and O–H groups in total. The Morgan fingerprint density at radius 2 is 1.79 bits per heavy atom. The lowest BCUT2D eigenvalue weighted by atomic mass is 10.0. The van der Waals surface area contributed by atoms with Gasteiger partial charge in [0, 0.05) is 37.5 Å². The predicted octanol–water partition coefficient (Wildman–Crippen LogP) is 3.67. The van der Waals surface area contributed by atoms with Crippen LogP contribution in [0.3, 0.4) is 0 Å². The van der Waals surface area contributed by atoms with Gasteiger partial charge >= 0.3 is 0 Å². The summed E-state index contributed by atoms with van der Waals surface area (Å²) in [6.45, 7) is 3.00. The molecule has 0 aromatic heterocycles. The van der Waals surface area contributed by atoms with Crippen LogP contribution in [0.4, 0.5) is 0 Å². The summed E-state index contributed by atoms with van der Waals surface area (Å²) in [4.78, 5) is 34.7. The van der Waals surface area contributed by atoms with E-state index in [-0.39, 0.29) is 11.8 Å². The summed E-state index contributed by atoms with van der Waals surface area (Å²) in [6.07, 6.45) is 5.69. The molecule has 3 heterocycles. The Morgan fingerprint density at radius 1 is 1.03 bits per heavy atom. The van der Waals surface area contributed by atoms with E-state index < -0.39 is 5.54 Å². The normalized spacial score (nSPS) is 24.4. The van der Waals surface area contributed by atoms with Crippen molar-refractivity contribution in [3.63, 3.8) is 0 Å². The van der Waals surface area contributed by atoms with Gasteiger partial charge in [0.05, 0.1) is 6.61 Å². The number of hydrogen-bond acceptors (Lipinski definition) is 4. The van der Waals surface area contributed by atoms with Crippen LogP contribution >= 0.6 is 0 Å². The lowest BCUT2D eigenvalue weighted by Gasteiger charge is -2.23. The summed E-state index contributed by atoms with van der Waals surface area (Å²) >= 11 is 0. The van der Waals surface area contributed by atoms with Gasteiger partial charge in [-0.3, -0.25) is 19.5 Å². The zero-order valence-corrected chi connectivity index (χ0v) is 19.3. The number of carbonyl (C=O) groups is 2. The number of aliphatic imine (C=N–C) groups is 1. The molecular weight excluding hydrogens is 426 g/mol. The lowest BCUT2D eigenvalue weighted by molar-refractivity contribution is -0.131. The van der Waals surface area contributed by atoms with Gasteiger partial charge in [0.2, 0.25) is 5.91 Å². The Balaban J connectivity index is 1.11. The first-order valence-corrected chi connectivity index (χ1v) is 12.7. The van der Waals surface area contributed by atoms with Crippen LogP contribution in [0.25, 0.3) is 11.1 Å². The molecule has 1 atom stereocenters. The average Bonchev–Trinajstić information content (AvgIpc) is 3.74. The van der Waals surface area contributed by atoms with Gasteiger partial charge in [-0.05, 0) is 66.8 Å². The molecule has 1 spiro atoms. The van der Waals surface area contributed by atoms with Crippen molar-refractivity contribution in [2.24, 2.45) is 16.8 Å². The van der Waals surface area contributed by atoms with Crippen molar-refractivity contribution in [1.82, 2.24) is 9.80 Å². The minimum atomic E-state index is -0.518. The summed E-state index contributed by atoms with van der Waals surface area (Å²) in [7, 11) is 0. The van der Waals surface area contributed by atoms with E-state index in [1.807, 2.05) is 9.80 Å². The molecule has 7 rings (SSSR count). The fourth-order valence-electron chi connectivity index (χ4n) is 5.70. The molecule has 0 bridgehead atoms. The Kier molecular flexibility index (Phi) is 4.42. The number of nitrogens with zero attached hydrogens (tertiary/aromatic N) is 3. The largest absolute Gasteiger partial charge is 0.493 e. The third-order valence-corrected chi connectivity index (χ3v) is 8.07. The quantitative estimate of drug-likeness (QED) is 0.691. The molecule has 2 amide bonds. The van der Waals surface area contributed by atoms with Gasteiger partial charge in [-0.2, -0.15) is 0 Å². The van der Waals surface area contributed by atoms with E-state index in [1.165, 1.54) is 11.1 Å². The summed E-state index contributed by atoms with van der Waals surface area (Å²) in [5.74, 6) is 2.85. The summed E-state index contributed by atoms with van der Waals surface area (Å²) in [5, 5.41) is 0. The molecule has 2 aromatic rings.